The molecular weight excluding hydrogens is 393 g/mol. The molecule has 0 unspecified atom stereocenters. The number of likely N-dealkylation sites (tertiary alicyclic amines) is 1. The first-order chi connectivity index (χ1) is 10.1. The summed E-state index contributed by atoms with van der Waals surface area (Å²) in [7, 11) is 5.74. The molecule has 1 aromatic rings. The molecule has 0 aromatic carbocycles. The van der Waals surface area contributed by atoms with Crippen LogP contribution in [0.1, 0.15) is 18.5 Å². The molecule has 0 radical (unpaired) electrons. The zero-order valence-corrected chi connectivity index (χ0v) is 15.9. The molecule has 0 spiro atoms. The molecule has 2 rings (SSSR count). The van der Waals surface area contributed by atoms with E-state index in [1.54, 1.807) is 7.05 Å². The Morgan fingerprint density at radius 1 is 1.41 bits per heavy atom. The number of halogens is 1. The van der Waals surface area contributed by atoms with Gasteiger partial charge in [0.2, 0.25) is 5.91 Å². The number of aliphatic imine (C=N–C) groups is 1. The smallest absolute Gasteiger partial charge is 0.241 e. The van der Waals surface area contributed by atoms with Crippen LogP contribution in [0.2, 0.25) is 0 Å². The second kappa shape index (κ2) is 9.02. The quantitative estimate of drug-likeness (QED) is 0.455. The van der Waals surface area contributed by atoms with Crippen molar-refractivity contribution in [2.75, 3.05) is 33.7 Å². The summed E-state index contributed by atoms with van der Waals surface area (Å²) in [5, 5.41) is 3.15. The average Bonchev–Trinajstić information content (AvgIpc) is 3.12. The molecule has 1 aromatic heterocycles. The molecule has 1 aliphatic heterocycles. The van der Waals surface area contributed by atoms with Gasteiger partial charge in [0.05, 0.1) is 13.1 Å². The third-order valence-corrected chi connectivity index (χ3v) is 3.88. The zero-order valence-electron chi connectivity index (χ0n) is 13.6. The summed E-state index contributed by atoms with van der Waals surface area (Å²) in [4.78, 5) is 20.2. The first kappa shape index (κ1) is 18.8. The van der Waals surface area contributed by atoms with Crippen LogP contribution in [-0.2, 0) is 18.4 Å². The number of hydrogen-bond donors (Lipinski definition) is 1. The maximum Gasteiger partial charge on any atom is 0.241 e. The van der Waals surface area contributed by atoms with E-state index in [1.165, 1.54) is 5.69 Å². The Morgan fingerprint density at radius 3 is 2.64 bits per heavy atom. The maximum absolute atomic E-state index is 12.0. The minimum Gasteiger partial charge on any atom is -0.353 e. The van der Waals surface area contributed by atoms with Crippen LogP contribution in [0.15, 0.2) is 23.3 Å². The van der Waals surface area contributed by atoms with Crippen molar-refractivity contribution in [3.05, 3.63) is 24.0 Å². The van der Waals surface area contributed by atoms with Crippen LogP contribution >= 0.6 is 24.0 Å². The predicted octanol–water partition coefficient (Wildman–Crippen LogP) is 1.27. The van der Waals surface area contributed by atoms with Gasteiger partial charge in [-0.1, -0.05) is 0 Å². The molecule has 1 N–H and O–H groups in total. The highest BCUT2D eigenvalue weighted by Gasteiger charge is 2.18. The van der Waals surface area contributed by atoms with E-state index < -0.39 is 0 Å². The predicted molar refractivity (Wildman–Crippen MR) is 99.5 cm³/mol. The van der Waals surface area contributed by atoms with Crippen molar-refractivity contribution < 1.29 is 4.79 Å². The lowest BCUT2D eigenvalue weighted by atomic mass is 10.4. The fourth-order valence-electron chi connectivity index (χ4n) is 2.60. The molecule has 2 heterocycles. The van der Waals surface area contributed by atoms with E-state index in [4.69, 9.17) is 0 Å². The van der Waals surface area contributed by atoms with Crippen LogP contribution in [0, 0.1) is 0 Å². The Morgan fingerprint density at radius 2 is 2.09 bits per heavy atom. The normalized spacial score (nSPS) is 14.7. The van der Waals surface area contributed by atoms with E-state index in [0.717, 1.165) is 38.4 Å². The Bertz CT molecular complexity index is 508. The van der Waals surface area contributed by atoms with Gasteiger partial charge < -0.3 is 19.7 Å². The van der Waals surface area contributed by atoms with Gasteiger partial charge >= 0.3 is 0 Å². The largest absolute Gasteiger partial charge is 0.353 e. The van der Waals surface area contributed by atoms with E-state index in [2.05, 4.69) is 20.9 Å². The van der Waals surface area contributed by atoms with Crippen molar-refractivity contribution in [3.63, 3.8) is 0 Å². The SMILES string of the molecule is CN=C(NCC(=O)N1CCCC1)N(C)Cc1cccn1C.I. The van der Waals surface area contributed by atoms with E-state index in [0.29, 0.717) is 6.54 Å². The molecule has 1 aliphatic rings. The van der Waals surface area contributed by atoms with Crippen molar-refractivity contribution >= 4 is 35.8 Å². The lowest BCUT2D eigenvalue weighted by Crippen LogP contribution is -2.44. The second-order valence-corrected chi connectivity index (χ2v) is 5.46. The van der Waals surface area contributed by atoms with Crippen LogP contribution in [0.4, 0.5) is 0 Å². The van der Waals surface area contributed by atoms with Gasteiger partial charge in [0.15, 0.2) is 5.96 Å². The van der Waals surface area contributed by atoms with Gasteiger partial charge in [0, 0.05) is 46.1 Å². The number of amides is 1. The van der Waals surface area contributed by atoms with Crippen LogP contribution in [-0.4, -0.2) is 60.0 Å². The molecule has 1 saturated heterocycles. The number of hydrogen-bond acceptors (Lipinski definition) is 2. The topological polar surface area (TPSA) is 52.9 Å². The summed E-state index contributed by atoms with van der Waals surface area (Å²) in [6.45, 7) is 2.84. The number of carbonyl (C=O) groups excluding carboxylic acids is 1. The highest BCUT2D eigenvalue weighted by molar-refractivity contribution is 14.0. The maximum atomic E-state index is 12.0. The van der Waals surface area contributed by atoms with Crippen molar-refractivity contribution in [1.82, 2.24) is 19.7 Å². The summed E-state index contributed by atoms with van der Waals surface area (Å²) in [6, 6.07) is 4.11. The standard InChI is InChI=1S/C15H25N5O.HI/c1-16-15(17-11-14(21)20-9-4-5-10-20)19(3)12-13-7-6-8-18(13)2;/h6-8H,4-5,9-12H2,1-3H3,(H,16,17);1H. The third kappa shape index (κ3) is 4.89. The molecule has 7 heteroatoms. The minimum absolute atomic E-state index is 0. The van der Waals surface area contributed by atoms with Crippen molar-refractivity contribution in [2.24, 2.45) is 12.0 Å². The van der Waals surface area contributed by atoms with Gasteiger partial charge in [-0.2, -0.15) is 0 Å². The Kier molecular flexibility index (Phi) is 7.70. The van der Waals surface area contributed by atoms with Crippen molar-refractivity contribution in [1.29, 1.82) is 0 Å². The van der Waals surface area contributed by atoms with Crippen molar-refractivity contribution in [2.45, 2.75) is 19.4 Å². The van der Waals surface area contributed by atoms with Gasteiger partial charge in [-0.25, -0.2) is 0 Å². The number of carbonyl (C=O) groups is 1. The fraction of sp³-hybridized carbons (Fsp3) is 0.600. The van der Waals surface area contributed by atoms with Gasteiger partial charge in [0.1, 0.15) is 0 Å². The molecule has 124 valence electrons. The molecule has 6 nitrogen and oxygen atoms in total. The molecule has 22 heavy (non-hydrogen) atoms. The first-order valence-corrected chi connectivity index (χ1v) is 7.41. The lowest BCUT2D eigenvalue weighted by Gasteiger charge is -2.23. The van der Waals surface area contributed by atoms with Gasteiger partial charge in [-0.05, 0) is 25.0 Å². The van der Waals surface area contributed by atoms with Crippen LogP contribution in [0.5, 0.6) is 0 Å². The summed E-state index contributed by atoms with van der Waals surface area (Å²) < 4.78 is 2.08. The molecular formula is C15H26IN5O. The molecule has 0 bridgehead atoms. The van der Waals surface area contributed by atoms with E-state index >= 15 is 0 Å². The molecule has 0 saturated carbocycles. The summed E-state index contributed by atoms with van der Waals surface area (Å²) >= 11 is 0. The summed E-state index contributed by atoms with van der Waals surface area (Å²) in [6.07, 6.45) is 4.26. The number of aryl methyl sites for hydroxylation is 1. The Labute approximate surface area is 149 Å². The number of guanidine groups is 1. The van der Waals surface area contributed by atoms with E-state index in [-0.39, 0.29) is 29.9 Å². The van der Waals surface area contributed by atoms with E-state index in [1.807, 2.05) is 36.2 Å². The van der Waals surface area contributed by atoms with E-state index in [9.17, 15) is 4.79 Å². The monoisotopic (exact) mass is 419 g/mol. The number of aromatic nitrogens is 1. The Hall–Kier alpha value is -1.25. The van der Waals surface area contributed by atoms with Gasteiger partial charge in [-0.3, -0.25) is 9.79 Å². The molecule has 0 aliphatic carbocycles. The fourth-order valence-corrected chi connectivity index (χ4v) is 2.60. The summed E-state index contributed by atoms with van der Waals surface area (Å²) in [5.74, 6) is 0.893. The minimum atomic E-state index is 0. The van der Waals surface area contributed by atoms with Gasteiger partial charge in [-0.15, -0.1) is 24.0 Å². The average molecular weight is 419 g/mol. The zero-order chi connectivity index (χ0) is 15.2. The van der Waals surface area contributed by atoms with Crippen molar-refractivity contribution in [3.8, 4) is 0 Å². The van der Waals surface area contributed by atoms with Crippen LogP contribution < -0.4 is 5.32 Å². The highest BCUT2D eigenvalue weighted by atomic mass is 127. The number of nitrogens with one attached hydrogen (secondary N) is 1. The first-order valence-electron chi connectivity index (χ1n) is 7.41. The molecule has 1 fully saturated rings. The second-order valence-electron chi connectivity index (χ2n) is 5.46. The van der Waals surface area contributed by atoms with Gasteiger partial charge in [0.25, 0.3) is 0 Å². The molecule has 0 atom stereocenters. The van der Waals surface area contributed by atoms with Crippen LogP contribution in [0.3, 0.4) is 0 Å². The lowest BCUT2D eigenvalue weighted by molar-refractivity contribution is -0.128. The number of nitrogens with zero attached hydrogens (tertiary/aromatic N) is 4. The number of rotatable bonds is 4. The highest BCUT2D eigenvalue weighted by Crippen LogP contribution is 2.07. The third-order valence-electron chi connectivity index (χ3n) is 3.88. The Balaban J connectivity index is 0.00000242. The summed E-state index contributed by atoms with van der Waals surface area (Å²) in [5.41, 5.74) is 1.20. The molecule has 1 amide bonds. The van der Waals surface area contributed by atoms with Crippen LogP contribution in [0.25, 0.3) is 0 Å².